The Balaban J connectivity index is 1.78. The van der Waals surface area contributed by atoms with Gasteiger partial charge in [-0.25, -0.2) is 9.18 Å². The number of hydrogen-bond acceptors (Lipinski definition) is 2. The molecule has 22 heavy (non-hydrogen) atoms. The quantitative estimate of drug-likeness (QED) is 0.783. The van der Waals surface area contributed by atoms with Crippen LogP contribution in [0.25, 0.3) is 0 Å². The molecule has 1 saturated carbocycles. The third-order valence-electron chi connectivity index (χ3n) is 4.73. The summed E-state index contributed by atoms with van der Waals surface area (Å²) in [6.45, 7) is 4.46. The molecule has 0 aromatic heterocycles. The van der Waals surface area contributed by atoms with Crippen molar-refractivity contribution in [2.24, 2.45) is 5.41 Å². The normalized spacial score (nSPS) is 24.3. The number of urea groups is 1. The number of nitrogens with one attached hydrogen (secondary N) is 2. The number of aryl methyl sites for hydroxylation is 1. The molecule has 1 fully saturated rings. The van der Waals surface area contributed by atoms with E-state index in [1.54, 1.807) is 6.07 Å². The highest BCUT2D eigenvalue weighted by molar-refractivity contribution is 5.74. The van der Waals surface area contributed by atoms with Crippen LogP contribution >= 0.6 is 0 Å². The molecular formula is C17H25FN2O2. The van der Waals surface area contributed by atoms with Gasteiger partial charge in [0.15, 0.2) is 0 Å². The minimum atomic E-state index is -0.239. The number of hydrogen-bond donors (Lipinski definition) is 3. The van der Waals surface area contributed by atoms with Crippen molar-refractivity contribution in [1.29, 1.82) is 0 Å². The second-order valence-corrected chi connectivity index (χ2v) is 6.48. The lowest BCUT2D eigenvalue weighted by Gasteiger charge is -2.30. The number of benzene rings is 1. The van der Waals surface area contributed by atoms with Gasteiger partial charge in [0.05, 0.1) is 6.61 Å². The number of carbonyl (C=O) groups is 1. The lowest BCUT2D eigenvalue weighted by atomic mass is 9.86. The molecule has 4 nitrogen and oxygen atoms in total. The lowest BCUT2D eigenvalue weighted by Crippen LogP contribution is -2.48. The van der Waals surface area contributed by atoms with Crippen LogP contribution < -0.4 is 10.6 Å². The summed E-state index contributed by atoms with van der Waals surface area (Å²) >= 11 is 0. The van der Waals surface area contributed by atoms with Gasteiger partial charge in [-0.2, -0.15) is 0 Å². The molecule has 1 aliphatic rings. The zero-order valence-electron chi connectivity index (χ0n) is 13.3. The molecule has 2 atom stereocenters. The Kier molecular flexibility index (Phi) is 5.40. The van der Waals surface area contributed by atoms with E-state index in [2.05, 4.69) is 10.6 Å². The van der Waals surface area contributed by atoms with Crippen LogP contribution in [0.5, 0.6) is 0 Å². The lowest BCUT2D eigenvalue weighted by molar-refractivity contribution is 0.121. The topological polar surface area (TPSA) is 61.4 Å². The van der Waals surface area contributed by atoms with Crippen LogP contribution in [0.2, 0.25) is 0 Å². The first-order valence-corrected chi connectivity index (χ1v) is 7.85. The Hall–Kier alpha value is -1.62. The summed E-state index contributed by atoms with van der Waals surface area (Å²) in [5, 5.41) is 15.3. The minimum absolute atomic E-state index is 0.0186. The first-order valence-electron chi connectivity index (χ1n) is 7.85. The molecule has 2 rings (SSSR count). The highest BCUT2D eigenvalue weighted by Gasteiger charge is 2.38. The van der Waals surface area contributed by atoms with Crippen molar-refractivity contribution in [2.75, 3.05) is 13.2 Å². The van der Waals surface area contributed by atoms with Crippen molar-refractivity contribution >= 4 is 6.03 Å². The van der Waals surface area contributed by atoms with E-state index in [0.717, 1.165) is 30.4 Å². The number of amides is 2. The number of carbonyl (C=O) groups excluding carboxylic acids is 1. The maximum Gasteiger partial charge on any atom is 0.315 e. The third kappa shape index (κ3) is 3.97. The SMILES string of the molecule is Cc1cc(F)ccc1CCNC(=O)NC1CCCC1(C)CO. The maximum absolute atomic E-state index is 13.0. The van der Waals surface area contributed by atoms with Gasteiger partial charge in [0.1, 0.15) is 5.82 Å². The first kappa shape index (κ1) is 16.7. The predicted molar refractivity (Wildman–Crippen MR) is 84.2 cm³/mol. The van der Waals surface area contributed by atoms with Crippen LogP contribution in [-0.4, -0.2) is 30.3 Å². The van der Waals surface area contributed by atoms with E-state index in [9.17, 15) is 14.3 Å². The molecule has 2 unspecified atom stereocenters. The molecule has 1 aromatic carbocycles. The van der Waals surface area contributed by atoms with Gasteiger partial charge in [0, 0.05) is 18.0 Å². The van der Waals surface area contributed by atoms with Crippen molar-refractivity contribution < 1.29 is 14.3 Å². The maximum atomic E-state index is 13.0. The molecule has 0 aliphatic heterocycles. The Morgan fingerprint density at radius 2 is 2.27 bits per heavy atom. The number of halogens is 1. The van der Waals surface area contributed by atoms with E-state index in [-0.39, 0.29) is 29.9 Å². The van der Waals surface area contributed by atoms with E-state index < -0.39 is 0 Å². The monoisotopic (exact) mass is 308 g/mol. The minimum Gasteiger partial charge on any atom is -0.396 e. The van der Waals surface area contributed by atoms with Gasteiger partial charge in [-0.05, 0) is 49.4 Å². The Morgan fingerprint density at radius 1 is 1.50 bits per heavy atom. The molecule has 0 heterocycles. The van der Waals surface area contributed by atoms with Crippen LogP contribution in [-0.2, 0) is 6.42 Å². The van der Waals surface area contributed by atoms with Crippen molar-refractivity contribution in [3.63, 3.8) is 0 Å². The highest BCUT2D eigenvalue weighted by atomic mass is 19.1. The van der Waals surface area contributed by atoms with E-state index in [4.69, 9.17) is 0 Å². The standard InChI is InChI=1S/C17H25FN2O2/c1-12-10-14(18)6-5-13(12)7-9-19-16(22)20-15-4-3-8-17(15,2)11-21/h5-6,10,15,21H,3-4,7-9,11H2,1-2H3,(H2,19,20,22). The molecule has 0 bridgehead atoms. The zero-order valence-corrected chi connectivity index (χ0v) is 13.3. The van der Waals surface area contributed by atoms with E-state index in [1.165, 1.54) is 12.1 Å². The smallest absolute Gasteiger partial charge is 0.315 e. The molecule has 3 N–H and O–H groups in total. The molecule has 5 heteroatoms. The number of aliphatic hydroxyl groups is 1. The summed E-state index contributed by atoms with van der Waals surface area (Å²) in [6.07, 6.45) is 3.53. The zero-order chi connectivity index (χ0) is 16.2. The molecule has 1 aliphatic carbocycles. The van der Waals surface area contributed by atoms with Crippen LogP contribution in [0.15, 0.2) is 18.2 Å². The summed E-state index contributed by atoms with van der Waals surface area (Å²) in [7, 11) is 0. The summed E-state index contributed by atoms with van der Waals surface area (Å²) < 4.78 is 13.0. The summed E-state index contributed by atoms with van der Waals surface area (Å²) in [5.41, 5.74) is 1.71. The Bertz CT molecular complexity index is 535. The third-order valence-corrected chi connectivity index (χ3v) is 4.73. The van der Waals surface area contributed by atoms with Crippen molar-refractivity contribution in [2.45, 2.75) is 45.6 Å². The molecule has 0 saturated heterocycles. The molecule has 0 spiro atoms. The fraction of sp³-hybridized carbons (Fsp3) is 0.588. The van der Waals surface area contributed by atoms with E-state index >= 15 is 0 Å². The molecule has 1 aromatic rings. The van der Waals surface area contributed by atoms with E-state index in [1.807, 2.05) is 13.8 Å². The largest absolute Gasteiger partial charge is 0.396 e. The average molecular weight is 308 g/mol. The summed E-state index contributed by atoms with van der Waals surface area (Å²) in [4.78, 5) is 12.0. The Labute approximate surface area is 131 Å². The van der Waals surface area contributed by atoms with Crippen LogP contribution in [0.3, 0.4) is 0 Å². The van der Waals surface area contributed by atoms with Crippen LogP contribution in [0, 0.1) is 18.2 Å². The second kappa shape index (κ2) is 7.09. The number of aliphatic hydroxyl groups excluding tert-OH is 1. The van der Waals surface area contributed by atoms with Gasteiger partial charge < -0.3 is 15.7 Å². The highest BCUT2D eigenvalue weighted by Crippen LogP contribution is 2.37. The molecule has 2 amide bonds. The Morgan fingerprint density at radius 3 is 2.95 bits per heavy atom. The fourth-order valence-corrected chi connectivity index (χ4v) is 3.13. The van der Waals surface area contributed by atoms with Gasteiger partial charge in [-0.3, -0.25) is 0 Å². The van der Waals surface area contributed by atoms with Gasteiger partial charge >= 0.3 is 6.03 Å². The fourth-order valence-electron chi connectivity index (χ4n) is 3.13. The second-order valence-electron chi connectivity index (χ2n) is 6.48. The van der Waals surface area contributed by atoms with Crippen molar-refractivity contribution in [3.8, 4) is 0 Å². The predicted octanol–water partition coefficient (Wildman–Crippen LogP) is 2.53. The van der Waals surface area contributed by atoms with Gasteiger partial charge in [-0.1, -0.05) is 19.4 Å². The van der Waals surface area contributed by atoms with Gasteiger partial charge in [0.25, 0.3) is 0 Å². The van der Waals surface area contributed by atoms with Crippen molar-refractivity contribution in [1.82, 2.24) is 10.6 Å². The molecule has 0 radical (unpaired) electrons. The van der Waals surface area contributed by atoms with E-state index in [0.29, 0.717) is 13.0 Å². The van der Waals surface area contributed by atoms with Crippen LogP contribution in [0.4, 0.5) is 9.18 Å². The van der Waals surface area contributed by atoms with Gasteiger partial charge in [-0.15, -0.1) is 0 Å². The summed E-state index contributed by atoms with van der Waals surface area (Å²) in [6, 6.07) is 4.51. The number of rotatable bonds is 5. The first-order chi connectivity index (χ1) is 10.4. The molecule has 122 valence electrons. The van der Waals surface area contributed by atoms with Crippen molar-refractivity contribution in [3.05, 3.63) is 35.1 Å². The van der Waals surface area contributed by atoms with Gasteiger partial charge in [0.2, 0.25) is 0 Å². The summed E-state index contributed by atoms with van der Waals surface area (Å²) in [5.74, 6) is -0.239. The average Bonchev–Trinajstić information content (AvgIpc) is 2.83. The molecular weight excluding hydrogens is 283 g/mol. The van der Waals surface area contributed by atoms with Crippen LogP contribution in [0.1, 0.15) is 37.3 Å².